The molecule has 142 valence electrons. The van der Waals surface area contributed by atoms with Crippen molar-refractivity contribution >= 4 is 34.4 Å². The van der Waals surface area contributed by atoms with Crippen molar-refractivity contribution in [2.45, 2.75) is 39.7 Å². The van der Waals surface area contributed by atoms with Gasteiger partial charge in [-0.3, -0.25) is 0 Å². The lowest BCUT2D eigenvalue weighted by Gasteiger charge is -2.40. The van der Waals surface area contributed by atoms with Crippen LogP contribution in [0.1, 0.15) is 37.8 Å². The van der Waals surface area contributed by atoms with Crippen LogP contribution >= 0.6 is 11.6 Å². The number of imidazole rings is 1. The number of H-pyrrole nitrogens is 1. The second-order valence-corrected chi connectivity index (χ2v) is 8.15. The summed E-state index contributed by atoms with van der Waals surface area (Å²) in [4.78, 5) is 17.5. The Morgan fingerprint density at radius 3 is 2.78 bits per heavy atom. The van der Waals surface area contributed by atoms with E-state index in [1.165, 1.54) is 11.1 Å². The third kappa shape index (κ3) is 3.36. The fraction of sp³-hybridized carbons (Fsp3) is 0.429. The molecule has 1 aromatic carbocycles. The van der Waals surface area contributed by atoms with Crippen LogP contribution in [0.3, 0.4) is 0 Å². The number of fused-ring (bicyclic) bond motifs is 1. The topological polar surface area (TPSA) is 48.1 Å². The Hall–Kier alpha value is -2.27. The van der Waals surface area contributed by atoms with Gasteiger partial charge in [0.25, 0.3) is 0 Å². The van der Waals surface area contributed by atoms with Crippen LogP contribution in [0.2, 0.25) is 5.02 Å². The van der Waals surface area contributed by atoms with E-state index in [2.05, 4.69) is 59.6 Å². The zero-order valence-corrected chi connectivity index (χ0v) is 17.1. The van der Waals surface area contributed by atoms with Crippen LogP contribution in [0.5, 0.6) is 0 Å². The molecule has 0 aliphatic carbocycles. The zero-order valence-electron chi connectivity index (χ0n) is 16.3. The van der Waals surface area contributed by atoms with Gasteiger partial charge in [0.1, 0.15) is 5.82 Å². The predicted octanol–water partition coefficient (Wildman–Crippen LogP) is 4.76. The fourth-order valence-electron chi connectivity index (χ4n) is 4.00. The Balaban J connectivity index is 1.58. The molecule has 1 saturated heterocycles. The highest BCUT2D eigenvalue weighted by atomic mass is 35.5. The van der Waals surface area contributed by atoms with E-state index in [-0.39, 0.29) is 0 Å². The molecule has 1 aliphatic rings. The molecule has 2 aromatic heterocycles. The van der Waals surface area contributed by atoms with Crippen LogP contribution in [0.15, 0.2) is 30.5 Å². The van der Waals surface area contributed by atoms with E-state index in [1.54, 1.807) is 6.20 Å². The highest BCUT2D eigenvalue weighted by Gasteiger charge is 2.27. The summed E-state index contributed by atoms with van der Waals surface area (Å²) in [6, 6.07) is 8.52. The van der Waals surface area contributed by atoms with Gasteiger partial charge in [-0.25, -0.2) is 9.97 Å². The van der Waals surface area contributed by atoms with Gasteiger partial charge < -0.3 is 14.8 Å². The summed E-state index contributed by atoms with van der Waals surface area (Å²) in [5.74, 6) is 2.32. The number of rotatable bonds is 3. The van der Waals surface area contributed by atoms with Gasteiger partial charge in [0.05, 0.1) is 16.1 Å². The molecule has 0 bridgehead atoms. The van der Waals surface area contributed by atoms with Gasteiger partial charge in [0, 0.05) is 31.9 Å². The third-order valence-electron chi connectivity index (χ3n) is 5.42. The highest BCUT2D eigenvalue weighted by Crippen LogP contribution is 2.29. The number of benzene rings is 1. The lowest BCUT2D eigenvalue weighted by molar-refractivity contribution is 0.539. The van der Waals surface area contributed by atoms with Crippen molar-refractivity contribution in [2.75, 3.05) is 29.4 Å². The number of hydrogen-bond acceptors (Lipinski definition) is 4. The van der Waals surface area contributed by atoms with Crippen molar-refractivity contribution in [1.82, 2.24) is 15.0 Å². The van der Waals surface area contributed by atoms with E-state index in [1.807, 2.05) is 12.1 Å². The van der Waals surface area contributed by atoms with Gasteiger partial charge in [-0.2, -0.15) is 0 Å². The molecular formula is C21H26ClN5. The zero-order chi connectivity index (χ0) is 19.1. The Kier molecular flexibility index (Phi) is 4.72. The van der Waals surface area contributed by atoms with Crippen LogP contribution in [0.4, 0.5) is 11.8 Å². The van der Waals surface area contributed by atoms with Gasteiger partial charge in [0.2, 0.25) is 5.95 Å². The Bertz CT molecular complexity index is 964. The van der Waals surface area contributed by atoms with Crippen molar-refractivity contribution in [3.05, 3.63) is 46.6 Å². The average Bonchev–Trinajstić information content (AvgIpc) is 3.03. The van der Waals surface area contributed by atoms with Crippen LogP contribution in [-0.4, -0.2) is 40.6 Å². The van der Waals surface area contributed by atoms with Crippen LogP contribution in [0, 0.1) is 6.92 Å². The molecule has 0 saturated carbocycles. The smallest absolute Gasteiger partial charge is 0.204 e. The molecule has 4 rings (SSSR count). The number of aromatic amines is 1. The molecule has 1 fully saturated rings. The minimum atomic E-state index is 0.308. The summed E-state index contributed by atoms with van der Waals surface area (Å²) in [6.45, 7) is 11.5. The SMILES string of the molecule is Cc1cc2[nH]c(N3CCN(c4ncccc4Cl)C[C@H]3C)nc2cc1C(C)C. The molecule has 27 heavy (non-hydrogen) atoms. The van der Waals surface area contributed by atoms with Crippen molar-refractivity contribution in [2.24, 2.45) is 0 Å². The largest absolute Gasteiger partial charge is 0.352 e. The summed E-state index contributed by atoms with van der Waals surface area (Å²) < 4.78 is 0. The Labute approximate surface area is 165 Å². The molecule has 1 atom stereocenters. The predicted molar refractivity (Wildman–Crippen MR) is 113 cm³/mol. The number of nitrogens with one attached hydrogen (secondary N) is 1. The van der Waals surface area contributed by atoms with E-state index in [0.717, 1.165) is 42.4 Å². The van der Waals surface area contributed by atoms with E-state index in [4.69, 9.17) is 16.6 Å². The molecule has 5 nitrogen and oxygen atoms in total. The van der Waals surface area contributed by atoms with Crippen LogP contribution < -0.4 is 9.80 Å². The maximum Gasteiger partial charge on any atom is 0.204 e. The number of halogens is 1. The minimum absolute atomic E-state index is 0.308. The highest BCUT2D eigenvalue weighted by molar-refractivity contribution is 6.32. The van der Waals surface area contributed by atoms with Gasteiger partial charge in [-0.15, -0.1) is 0 Å². The summed E-state index contributed by atoms with van der Waals surface area (Å²) >= 11 is 6.33. The molecule has 6 heteroatoms. The number of nitrogens with zero attached hydrogens (tertiary/aromatic N) is 4. The molecule has 0 amide bonds. The normalized spacial score (nSPS) is 17.9. The summed E-state index contributed by atoms with van der Waals surface area (Å²) in [7, 11) is 0. The molecule has 3 heterocycles. The van der Waals surface area contributed by atoms with Gasteiger partial charge in [-0.1, -0.05) is 25.4 Å². The van der Waals surface area contributed by atoms with Gasteiger partial charge in [-0.05, 0) is 55.2 Å². The first-order valence-corrected chi connectivity index (χ1v) is 9.94. The Morgan fingerprint density at radius 2 is 2.07 bits per heavy atom. The van der Waals surface area contributed by atoms with Crippen molar-refractivity contribution in [3.8, 4) is 0 Å². The molecule has 0 spiro atoms. The average molecular weight is 384 g/mol. The monoisotopic (exact) mass is 383 g/mol. The molecule has 3 aromatic rings. The van der Waals surface area contributed by atoms with E-state index in [9.17, 15) is 0 Å². The maximum absolute atomic E-state index is 6.33. The quantitative estimate of drug-likeness (QED) is 0.708. The lowest BCUT2D eigenvalue weighted by Crippen LogP contribution is -2.52. The molecule has 1 aliphatic heterocycles. The number of aromatic nitrogens is 3. The number of hydrogen-bond donors (Lipinski definition) is 1. The first-order chi connectivity index (χ1) is 12.9. The fourth-order valence-corrected chi connectivity index (χ4v) is 4.24. The number of piperazine rings is 1. The maximum atomic E-state index is 6.33. The minimum Gasteiger partial charge on any atom is -0.352 e. The lowest BCUT2D eigenvalue weighted by atomic mass is 9.97. The summed E-state index contributed by atoms with van der Waals surface area (Å²) in [5, 5.41) is 0.707. The molecule has 1 N–H and O–H groups in total. The second kappa shape index (κ2) is 7.04. The molecule has 0 radical (unpaired) electrons. The second-order valence-electron chi connectivity index (χ2n) is 7.74. The van der Waals surface area contributed by atoms with Gasteiger partial charge >= 0.3 is 0 Å². The first-order valence-electron chi connectivity index (χ1n) is 9.56. The number of anilines is 2. The summed E-state index contributed by atoms with van der Waals surface area (Å²) in [6.07, 6.45) is 1.80. The van der Waals surface area contributed by atoms with Crippen molar-refractivity contribution in [1.29, 1.82) is 0 Å². The number of aryl methyl sites for hydroxylation is 1. The standard InChI is InChI=1S/C21H26ClN5/c1-13(2)16-11-19-18(10-14(16)3)24-21(25-19)27-9-8-26(12-15(27)4)20-17(22)6-5-7-23-20/h5-7,10-11,13,15H,8-9,12H2,1-4H3,(H,24,25)/t15-/m1/s1. The third-order valence-corrected chi connectivity index (χ3v) is 5.71. The van der Waals surface area contributed by atoms with E-state index in [0.29, 0.717) is 17.0 Å². The molecular weight excluding hydrogens is 358 g/mol. The van der Waals surface area contributed by atoms with Crippen molar-refractivity contribution in [3.63, 3.8) is 0 Å². The first kappa shape index (κ1) is 18.1. The Morgan fingerprint density at radius 1 is 1.26 bits per heavy atom. The van der Waals surface area contributed by atoms with E-state index < -0.39 is 0 Å². The number of pyridine rings is 1. The summed E-state index contributed by atoms with van der Waals surface area (Å²) in [5.41, 5.74) is 4.83. The van der Waals surface area contributed by atoms with E-state index >= 15 is 0 Å². The van der Waals surface area contributed by atoms with Crippen molar-refractivity contribution < 1.29 is 0 Å². The van der Waals surface area contributed by atoms with Crippen LogP contribution in [-0.2, 0) is 0 Å². The van der Waals surface area contributed by atoms with Crippen LogP contribution in [0.25, 0.3) is 11.0 Å². The van der Waals surface area contributed by atoms with Gasteiger partial charge in [0.15, 0.2) is 0 Å². The molecule has 0 unspecified atom stereocenters.